The van der Waals surface area contributed by atoms with E-state index in [0.29, 0.717) is 10.0 Å². The van der Waals surface area contributed by atoms with Gasteiger partial charge in [0.05, 0.1) is 28.8 Å². The summed E-state index contributed by atoms with van der Waals surface area (Å²) in [6, 6.07) is 5.68. The maximum absolute atomic E-state index is 6.22. The third-order valence-electron chi connectivity index (χ3n) is 3.13. The molecule has 0 aromatic heterocycles. The number of nitrogens with zero attached hydrogens (tertiary/aromatic N) is 3. The molecule has 1 aliphatic rings. The summed E-state index contributed by atoms with van der Waals surface area (Å²) >= 11 is 12.2. The molecule has 0 radical (unpaired) electrons. The van der Waals surface area contributed by atoms with Crippen molar-refractivity contribution in [2.45, 2.75) is 6.92 Å². The molecule has 0 saturated carbocycles. The zero-order valence-corrected chi connectivity index (χ0v) is 12.2. The molecule has 98 valence electrons. The Kier molecular flexibility index (Phi) is 4.36. The lowest BCUT2D eigenvalue weighted by Crippen LogP contribution is -2.36. The van der Waals surface area contributed by atoms with Crippen molar-refractivity contribution in [1.82, 2.24) is 4.90 Å². The molecule has 1 aromatic rings. The van der Waals surface area contributed by atoms with Crippen LogP contribution in [0.25, 0.3) is 0 Å². The molecule has 0 saturated heterocycles. The third kappa shape index (κ3) is 2.73. The highest BCUT2D eigenvalue weighted by molar-refractivity contribution is 6.43. The second kappa shape index (κ2) is 5.81. The van der Waals surface area contributed by atoms with Crippen LogP contribution in [0.3, 0.4) is 0 Å². The van der Waals surface area contributed by atoms with Crippen molar-refractivity contribution in [3.05, 3.63) is 28.2 Å². The monoisotopic (exact) mass is 285 g/mol. The largest absolute Gasteiger partial charge is 0.366 e. The van der Waals surface area contributed by atoms with Gasteiger partial charge in [0.15, 0.2) is 0 Å². The van der Waals surface area contributed by atoms with E-state index in [2.05, 4.69) is 21.7 Å². The zero-order valence-electron chi connectivity index (χ0n) is 10.7. The number of rotatable bonds is 4. The van der Waals surface area contributed by atoms with Gasteiger partial charge in [-0.25, -0.2) is 0 Å². The molecule has 1 aliphatic heterocycles. The molecule has 2 rings (SSSR count). The average Bonchev–Trinajstić information content (AvgIpc) is 2.79. The van der Waals surface area contributed by atoms with Crippen molar-refractivity contribution < 1.29 is 0 Å². The van der Waals surface area contributed by atoms with Crippen molar-refractivity contribution in [2.75, 3.05) is 38.1 Å². The van der Waals surface area contributed by atoms with Gasteiger partial charge in [-0.15, -0.1) is 0 Å². The number of hydrogen-bond donors (Lipinski definition) is 0. The minimum absolute atomic E-state index is 0.585. The minimum atomic E-state index is 0.585. The van der Waals surface area contributed by atoms with Crippen LogP contribution >= 0.6 is 23.2 Å². The number of hydrogen-bond acceptors (Lipinski definition) is 3. The first-order valence-electron chi connectivity index (χ1n) is 6.07. The standard InChI is InChI=1S/C13H17Cl2N3/c1-3-18-8-7-16-12(18)9-17(2)11-6-4-5-10(14)13(11)15/h4-6H,3,7-9H2,1-2H3. The van der Waals surface area contributed by atoms with E-state index in [1.807, 2.05) is 19.2 Å². The van der Waals surface area contributed by atoms with Gasteiger partial charge in [-0.2, -0.15) is 0 Å². The molecule has 1 aromatic carbocycles. The lowest BCUT2D eigenvalue weighted by atomic mass is 10.3. The fourth-order valence-electron chi connectivity index (χ4n) is 2.10. The Labute approximate surface area is 118 Å². The molecule has 3 nitrogen and oxygen atoms in total. The van der Waals surface area contributed by atoms with Gasteiger partial charge in [-0.05, 0) is 19.1 Å². The summed E-state index contributed by atoms with van der Waals surface area (Å²) in [5, 5.41) is 1.19. The van der Waals surface area contributed by atoms with E-state index in [-0.39, 0.29) is 0 Å². The Morgan fingerprint density at radius 3 is 2.89 bits per heavy atom. The topological polar surface area (TPSA) is 18.8 Å². The Bertz CT molecular complexity index is 460. The molecular formula is C13H17Cl2N3. The number of aliphatic imine (C=N–C) groups is 1. The van der Waals surface area contributed by atoms with E-state index in [1.165, 1.54) is 0 Å². The first-order valence-corrected chi connectivity index (χ1v) is 6.82. The van der Waals surface area contributed by atoms with Crippen LogP contribution in [0.4, 0.5) is 5.69 Å². The van der Waals surface area contributed by atoms with E-state index in [4.69, 9.17) is 23.2 Å². The normalized spacial score (nSPS) is 14.9. The molecule has 5 heteroatoms. The van der Waals surface area contributed by atoms with Gasteiger partial charge in [0, 0.05) is 20.1 Å². The summed E-state index contributed by atoms with van der Waals surface area (Å²) in [4.78, 5) is 8.90. The summed E-state index contributed by atoms with van der Waals surface area (Å²) in [6.45, 7) is 5.81. The summed E-state index contributed by atoms with van der Waals surface area (Å²) in [5.74, 6) is 1.12. The Balaban J connectivity index is 2.12. The summed E-state index contributed by atoms with van der Waals surface area (Å²) in [5.41, 5.74) is 0.940. The fourth-order valence-corrected chi connectivity index (χ4v) is 2.54. The highest BCUT2D eigenvalue weighted by Gasteiger charge is 2.18. The SMILES string of the molecule is CCN1CCN=C1CN(C)c1cccc(Cl)c1Cl. The molecular weight excluding hydrogens is 269 g/mol. The maximum atomic E-state index is 6.22. The quantitative estimate of drug-likeness (QED) is 0.846. The van der Waals surface area contributed by atoms with Crippen molar-refractivity contribution in [2.24, 2.45) is 4.99 Å². The second-order valence-electron chi connectivity index (χ2n) is 4.31. The Hall–Kier alpha value is -0.930. The molecule has 0 fully saturated rings. The molecule has 1 heterocycles. The molecule has 0 bridgehead atoms. The van der Waals surface area contributed by atoms with Crippen LogP contribution in [0.15, 0.2) is 23.2 Å². The van der Waals surface area contributed by atoms with Crippen LogP contribution < -0.4 is 4.90 Å². The number of halogens is 2. The van der Waals surface area contributed by atoms with Gasteiger partial charge in [0.1, 0.15) is 5.84 Å². The van der Waals surface area contributed by atoms with Crippen molar-refractivity contribution in [3.8, 4) is 0 Å². The molecule has 18 heavy (non-hydrogen) atoms. The maximum Gasteiger partial charge on any atom is 0.119 e. The Morgan fingerprint density at radius 1 is 1.39 bits per heavy atom. The lowest BCUT2D eigenvalue weighted by molar-refractivity contribution is 0.477. The van der Waals surface area contributed by atoms with E-state index >= 15 is 0 Å². The van der Waals surface area contributed by atoms with Crippen molar-refractivity contribution in [3.63, 3.8) is 0 Å². The summed E-state index contributed by atoms with van der Waals surface area (Å²) in [6.07, 6.45) is 0. The van der Waals surface area contributed by atoms with E-state index in [0.717, 1.165) is 37.7 Å². The van der Waals surface area contributed by atoms with Crippen molar-refractivity contribution in [1.29, 1.82) is 0 Å². The van der Waals surface area contributed by atoms with Crippen molar-refractivity contribution >= 4 is 34.7 Å². The van der Waals surface area contributed by atoms with Gasteiger partial charge < -0.3 is 9.80 Å². The van der Waals surface area contributed by atoms with Crippen LogP contribution in [0.5, 0.6) is 0 Å². The summed E-state index contributed by atoms with van der Waals surface area (Å²) in [7, 11) is 2.01. The number of benzene rings is 1. The highest BCUT2D eigenvalue weighted by atomic mass is 35.5. The first kappa shape index (κ1) is 13.5. The molecule has 0 unspecified atom stereocenters. The molecule has 0 spiro atoms. The molecule has 0 N–H and O–H groups in total. The van der Waals surface area contributed by atoms with E-state index in [9.17, 15) is 0 Å². The first-order chi connectivity index (χ1) is 8.63. The van der Waals surface area contributed by atoms with Gasteiger partial charge in [0.25, 0.3) is 0 Å². The molecule has 0 atom stereocenters. The summed E-state index contributed by atoms with van der Waals surface area (Å²) < 4.78 is 0. The zero-order chi connectivity index (χ0) is 13.1. The molecule has 0 amide bonds. The van der Waals surface area contributed by atoms with Crippen LogP contribution in [-0.2, 0) is 0 Å². The van der Waals surface area contributed by atoms with Gasteiger partial charge in [-0.3, -0.25) is 4.99 Å². The van der Waals surface area contributed by atoms with Crippen LogP contribution in [0.2, 0.25) is 10.0 Å². The lowest BCUT2D eigenvalue weighted by Gasteiger charge is -2.25. The minimum Gasteiger partial charge on any atom is -0.366 e. The van der Waals surface area contributed by atoms with E-state index < -0.39 is 0 Å². The van der Waals surface area contributed by atoms with Crippen LogP contribution in [0, 0.1) is 0 Å². The second-order valence-corrected chi connectivity index (χ2v) is 5.09. The predicted octanol–water partition coefficient (Wildman–Crippen LogP) is 3.16. The highest BCUT2D eigenvalue weighted by Crippen LogP contribution is 2.31. The van der Waals surface area contributed by atoms with Crippen LogP contribution in [-0.4, -0.2) is 44.0 Å². The van der Waals surface area contributed by atoms with Gasteiger partial charge >= 0.3 is 0 Å². The molecule has 0 aliphatic carbocycles. The van der Waals surface area contributed by atoms with Crippen LogP contribution in [0.1, 0.15) is 6.92 Å². The smallest absolute Gasteiger partial charge is 0.119 e. The average molecular weight is 286 g/mol. The fraction of sp³-hybridized carbons (Fsp3) is 0.462. The van der Waals surface area contributed by atoms with E-state index in [1.54, 1.807) is 6.07 Å². The predicted molar refractivity (Wildman–Crippen MR) is 79.3 cm³/mol. The number of amidine groups is 1. The Morgan fingerprint density at radius 2 is 2.17 bits per heavy atom. The van der Waals surface area contributed by atoms with Gasteiger partial charge in [0.2, 0.25) is 0 Å². The van der Waals surface area contributed by atoms with Gasteiger partial charge in [-0.1, -0.05) is 29.3 Å². The number of anilines is 1. The third-order valence-corrected chi connectivity index (χ3v) is 3.94. The number of likely N-dealkylation sites (N-methyl/N-ethyl adjacent to an activating group) is 2.